The van der Waals surface area contributed by atoms with Gasteiger partial charge in [0.05, 0.1) is 0 Å². The molecule has 10 nitrogen and oxygen atoms in total. The number of rotatable bonds is 7. The Balaban J connectivity index is 1.04. The molecule has 2 aromatic carbocycles. The Morgan fingerprint density at radius 2 is 1.63 bits per heavy atom. The van der Waals surface area contributed by atoms with Crippen molar-refractivity contribution in [3.05, 3.63) is 63.6 Å². The molecule has 4 aliphatic rings. The Hall–Kier alpha value is -3.15. The lowest BCUT2D eigenvalue weighted by atomic mass is 9.79. The molecular weight excluding hydrogens is 648 g/mol. The standard InChI is InChI=1S/C35H47BrN6O4/c1-24-21-25(7-8-30(24)36)22-32(33(43)40-17-11-27(12-18-40)26-9-15-39(2)16-10-26)38-35(45)46-41-19-13-29(14-20-41)42-23-28-5-3-4-6-31(28)37-34(42)44/h3-8,21,26-27,29,32H,9-20,22-23H2,1-2H3,(H,37,44)(H,38,45). The molecule has 1 unspecified atom stereocenters. The van der Waals surface area contributed by atoms with E-state index in [1.807, 2.05) is 53.1 Å². The maximum atomic E-state index is 13.9. The maximum Gasteiger partial charge on any atom is 0.426 e. The average molecular weight is 696 g/mol. The van der Waals surface area contributed by atoms with E-state index in [9.17, 15) is 14.4 Å². The summed E-state index contributed by atoms with van der Waals surface area (Å²) < 4.78 is 1.01. The minimum absolute atomic E-state index is 0.0468. The molecule has 4 heterocycles. The third kappa shape index (κ3) is 7.86. The number of hydrogen-bond acceptors (Lipinski definition) is 6. The predicted molar refractivity (Wildman–Crippen MR) is 181 cm³/mol. The number of nitrogens with zero attached hydrogens (tertiary/aromatic N) is 4. The first-order chi connectivity index (χ1) is 22.2. The van der Waals surface area contributed by atoms with E-state index >= 15 is 0 Å². The summed E-state index contributed by atoms with van der Waals surface area (Å²) >= 11 is 3.57. The number of anilines is 1. The summed E-state index contributed by atoms with van der Waals surface area (Å²) in [5.41, 5.74) is 4.04. The van der Waals surface area contributed by atoms with Gasteiger partial charge in [0, 0.05) is 55.3 Å². The molecule has 6 rings (SSSR count). The molecule has 0 aromatic heterocycles. The van der Waals surface area contributed by atoms with Crippen LogP contribution < -0.4 is 10.6 Å². The highest BCUT2D eigenvalue weighted by molar-refractivity contribution is 9.10. The number of hydrogen-bond donors (Lipinski definition) is 2. The molecular formula is C35H47BrN6O4. The number of aryl methyl sites for hydroxylation is 1. The van der Waals surface area contributed by atoms with Crippen molar-refractivity contribution in [2.24, 2.45) is 11.8 Å². The largest absolute Gasteiger partial charge is 0.426 e. The second-order valence-corrected chi connectivity index (χ2v) is 14.4. The van der Waals surface area contributed by atoms with Crippen LogP contribution >= 0.6 is 15.9 Å². The van der Waals surface area contributed by atoms with Crippen LogP contribution in [0.25, 0.3) is 0 Å². The summed E-state index contributed by atoms with van der Waals surface area (Å²) in [6.07, 6.45) is 5.68. The third-order valence-electron chi connectivity index (χ3n) is 10.5. The second-order valence-electron chi connectivity index (χ2n) is 13.5. The van der Waals surface area contributed by atoms with Crippen LogP contribution in [0.2, 0.25) is 0 Å². The number of nitrogens with one attached hydrogen (secondary N) is 2. The summed E-state index contributed by atoms with van der Waals surface area (Å²) in [5.74, 6) is 1.36. The van der Waals surface area contributed by atoms with Crippen molar-refractivity contribution in [1.29, 1.82) is 0 Å². The smallest absolute Gasteiger partial charge is 0.351 e. The van der Waals surface area contributed by atoms with Gasteiger partial charge in [0.1, 0.15) is 6.04 Å². The SMILES string of the molecule is Cc1cc(CC(NC(=O)ON2CCC(N3Cc4ccccc4NC3=O)CC2)C(=O)N2CCC(C3CCN(C)CC3)CC2)ccc1Br. The quantitative estimate of drug-likeness (QED) is 0.403. The van der Waals surface area contributed by atoms with E-state index in [2.05, 4.69) is 44.6 Å². The monoisotopic (exact) mass is 694 g/mol. The highest BCUT2D eigenvalue weighted by Gasteiger charge is 2.35. The predicted octanol–water partition coefficient (Wildman–Crippen LogP) is 5.40. The molecule has 46 heavy (non-hydrogen) atoms. The summed E-state index contributed by atoms with van der Waals surface area (Å²) in [6, 6.07) is 13.2. The summed E-state index contributed by atoms with van der Waals surface area (Å²) in [6.45, 7) is 7.39. The Bertz CT molecular complexity index is 1400. The number of urea groups is 1. The molecule has 2 N–H and O–H groups in total. The number of benzene rings is 2. The van der Waals surface area contributed by atoms with Crippen LogP contribution in [0.5, 0.6) is 0 Å². The average Bonchev–Trinajstić information content (AvgIpc) is 3.06. The van der Waals surface area contributed by atoms with Crippen LogP contribution in [0.3, 0.4) is 0 Å². The van der Waals surface area contributed by atoms with E-state index in [1.54, 1.807) is 5.06 Å². The minimum atomic E-state index is -0.720. The lowest BCUT2D eigenvalue weighted by molar-refractivity contribution is -0.137. The fraction of sp³-hybridized carbons (Fsp3) is 0.571. The fourth-order valence-corrected chi connectivity index (χ4v) is 7.88. The first-order valence-corrected chi connectivity index (χ1v) is 17.6. The molecule has 248 valence electrons. The van der Waals surface area contributed by atoms with Crippen molar-refractivity contribution >= 4 is 39.6 Å². The van der Waals surface area contributed by atoms with Gasteiger partial charge in [0.15, 0.2) is 0 Å². The highest BCUT2D eigenvalue weighted by atomic mass is 79.9. The van der Waals surface area contributed by atoms with Crippen molar-refractivity contribution in [3.63, 3.8) is 0 Å². The van der Waals surface area contributed by atoms with Crippen LogP contribution in [0.1, 0.15) is 55.2 Å². The lowest BCUT2D eigenvalue weighted by Gasteiger charge is -2.40. The van der Waals surface area contributed by atoms with E-state index in [1.165, 1.54) is 12.8 Å². The first-order valence-electron chi connectivity index (χ1n) is 16.8. The zero-order valence-electron chi connectivity index (χ0n) is 27.1. The molecule has 3 saturated heterocycles. The van der Waals surface area contributed by atoms with Crippen LogP contribution in [0, 0.1) is 18.8 Å². The Morgan fingerprint density at radius 3 is 2.33 bits per heavy atom. The third-order valence-corrected chi connectivity index (χ3v) is 11.4. The van der Waals surface area contributed by atoms with Gasteiger partial charge in [0.25, 0.3) is 0 Å². The fourth-order valence-electron chi connectivity index (χ4n) is 7.63. The number of hydroxylamine groups is 2. The number of carbonyl (C=O) groups excluding carboxylic acids is 3. The number of fused-ring (bicyclic) bond motifs is 1. The van der Waals surface area contributed by atoms with E-state index in [-0.39, 0.29) is 18.0 Å². The molecule has 2 aromatic rings. The van der Waals surface area contributed by atoms with Gasteiger partial charge in [0.2, 0.25) is 5.91 Å². The van der Waals surface area contributed by atoms with Crippen molar-refractivity contribution in [2.45, 2.75) is 70.5 Å². The number of piperidine rings is 3. The summed E-state index contributed by atoms with van der Waals surface area (Å²) in [5, 5.41) is 7.58. The molecule has 0 radical (unpaired) electrons. The van der Waals surface area contributed by atoms with E-state index in [0.29, 0.717) is 44.8 Å². The highest BCUT2D eigenvalue weighted by Crippen LogP contribution is 2.33. The number of halogens is 1. The van der Waals surface area contributed by atoms with Gasteiger partial charge in [-0.3, -0.25) is 4.79 Å². The van der Waals surface area contributed by atoms with Gasteiger partial charge < -0.3 is 30.2 Å². The Morgan fingerprint density at radius 1 is 0.957 bits per heavy atom. The molecule has 0 saturated carbocycles. The van der Waals surface area contributed by atoms with Crippen LogP contribution in [-0.2, 0) is 22.6 Å². The van der Waals surface area contributed by atoms with Gasteiger partial charge in [-0.25, -0.2) is 9.59 Å². The molecule has 0 bridgehead atoms. The van der Waals surface area contributed by atoms with Gasteiger partial charge in [-0.1, -0.05) is 46.3 Å². The molecule has 11 heteroatoms. The van der Waals surface area contributed by atoms with Crippen molar-refractivity contribution in [2.75, 3.05) is 51.6 Å². The van der Waals surface area contributed by atoms with Crippen molar-refractivity contribution in [3.8, 4) is 0 Å². The summed E-state index contributed by atoms with van der Waals surface area (Å²) in [7, 11) is 2.19. The first kappa shape index (κ1) is 32.8. The molecule has 4 aliphatic heterocycles. The summed E-state index contributed by atoms with van der Waals surface area (Å²) in [4.78, 5) is 51.9. The lowest BCUT2D eigenvalue weighted by Crippen LogP contribution is -2.54. The van der Waals surface area contributed by atoms with E-state index in [4.69, 9.17) is 4.84 Å². The van der Waals surface area contributed by atoms with Crippen LogP contribution in [-0.4, -0.2) is 96.2 Å². The van der Waals surface area contributed by atoms with Gasteiger partial charge in [-0.2, -0.15) is 0 Å². The molecule has 0 aliphatic carbocycles. The number of para-hydroxylation sites is 1. The normalized spacial score (nSPS) is 21.4. The molecule has 4 amide bonds. The molecule has 0 spiro atoms. The van der Waals surface area contributed by atoms with Crippen molar-refractivity contribution < 1.29 is 19.2 Å². The van der Waals surface area contributed by atoms with E-state index in [0.717, 1.165) is 71.8 Å². The topological polar surface area (TPSA) is 97.5 Å². The number of amides is 4. The molecule has 3 fully saturated rings. The molecule has 1 atom stereocenters. The minimum Gasteiger partial charge on any atom is -0.351 e. The van der Waals surface area contributed by atoms with Gasteiger partial charge in [-0.05, 0) is 106 Å². The Kier molecular flexibility index (Phi) is 10.5. The van der Waals surface area contributed by atoms with Crippen LogP contribution in [0.15, 0.2) is 46.9 Å². The second kappa shape index (κ2) is 14.7. The van der Waals surface area contributed by atoms with E-state index < -0.39 is 12.1 Å². The Labute approximate surface area is 280 Å². The number of carbonyl (C=O) groups is 3. The van der Waals surface area contributed by atoms with Gasteiger partial charge >= 0.3 is 12.1 Å². The van der Waals surface area contributed by atoms with Crippen LogP contribution in [0.4, 0.5) is 15.3 Å². The van der Waals surface area contributed by atoms with Gasteiger partial charge in [-0.15, -0.1) is 5.06 Å². The zero-order chi connectivity index (χ0) is 32.2. The zero-order valence-corrected chi connectivity index (χ0v) is 28.6. The maximum absolute atomic E-state index is 13.9. The number of likely N-dealkylation sites (tertiary alicyclic amines) is 2. The van der Waals surface area contributed by atoms with Crippen molar-refractivity contribution in [1.82, 2.24) is 25.1 Å².